The Kier molecular flexibility index (Phi) is 7.01. The second kappa shape index (κ2) is 10.3. The van der Waals surface area contributed by atoms with Gasteiger partial charge in [-0.05, 0) is 61.4 Å². The molecule has 3 aromatic carbocycles. The Balaban J connectivity index is 1.41. The summed E-state index contributed by atoms with van der Waals surface area (Å²) in [7, 11) is 0. The highest BCUT2D eigenvalue weighted by Gasteiger charge is 2.21. The molecule has 0 bridgehead atoms. The number of para-hydroxylation sites is 1. The number of amides is 1. The molecule has 0 radical (unpaired) electrons. The normalized spacial score (nSPS) is 13.5. The number of aromatic carboxylic acids is 1. The van der Waals surface area contributed by atoms with Gasteiger partial charge >= 0.3 is 5.97 Å². The molecule has 1 saturated heterocycles. The number of benzene rings is 3. The Morgan fingerprint density at radius 2 is 1.62 bits per heavy atom. The Morgan fingerprint density at radius 3 is 2.32 bits per heavy atom. The predicted octanol–water partition coefficient (Wildman–Crippen LogP) is 4.35. The monoisotopic (exact) mass is 459 g/mol. The van der Waals surface area contributed by atoms with E-state index in [1.54, 1.807) is 24.3 Å². The molecular weight excluding hydrogens is 430 g/mol. The molecule has 176 valence electrons. The number of hydrogen-bond acceptors (Lipinski definition) is 5. The molecule has 1 aliphatic heterocycles. The molecule has 1 amide bonds. The number of carbonyl (C=O) groups excluding carboxylic acids is 1. The maximum atomic E-state index is 12.3. The van der Waals surface area contributed by atoms with Crippen molar-refractivity contribution in [2.75, 3.05) is 47.9 Å². The summed E-state index contributed by atoms with van der Waals surface area (Å²) in [5.74, 6) is -0.928. The first-order valence-corrected chi connectivity index (χ1v) is 11.3. The van der Waals surface area contributed by atoms with E-state index in [-0.39, 0.29) is 17.9 Å². The Bertz CT molecular complexity index is 1170. The molecule has 7 heteroatoms. The number of carboxylic acid groups (broad SMARTS) is 1. The topological polar surface area (TPSA) is 82.1 Å². The van der Waals surface area contributed by atoms with Crippen molar-refractivity contribution >= 4 is 28.9 Å². The number of nitrogens with one attached hydrogen (secondary N) is 1. The molecule has 0 atom stereocenters. The summed E-state index contributed by atoms with van der Waals surface area (Å²) in [5.41, 5.74) is 4.96. The fourth-order valence-corrected chi connectivity index (χ4v) is 4.15. The van der Waals surface area contributed by atoms with Crippen molar-refractivity contribution in [1.29, 1.82) is 0 Å². The van der Waals surface area contributed by atoms with Gasteiger partial charge in [-0.2, -0.15) is 0 Å². The number of carbonyl (C=O) groups is 2. The Labute approximate surface area is 199 Å². The third-order valence-electron chi connectivity index (χ3n) is 6.18. The summed E-state index contributed by atoms with van der Waals surface area (Å²) in [6.45, 7) is 7.33. The van der Waals surface area contributed by atoms with E-state index in [9.17, 15) is 14.7 Å². The van der Waals surface area contributed by atoms with Crippen molar-refractivity contribution in [2.45, 2.75) is 13.8 Å². The van der Waals surface area contributed by atoms with Gasteiger partial charge in [-0.1, -0.05) is 30.3 Å². The summed E-state index contributed by atoms with van der Waals surface area (Å²) >= 11 is 0. The van der Waals surface area contributed by atoms with Gasteiger partial charge < -0.3 is 25.0 Å². The van der Waals surface area contributed by atoms with E-state index in [1.165, 1.54) is 16.8 Å². The van der Waals surface area contributed by atoms with Gasteiger partial charge in [0, 0.05) is 37.6 Å². The van der Waals surface area contributed by atoms with Crippen molar-refractivity contribution in [3.05, 3.63) is 83.4 Å². The Hall–Kier alpha value is -4.00. The van der Waals surface area contributed by atoms with Crippen LogP contribution in [0.15, 0.2) is 66.7 Å². The minimum Gasteiger partial charge on any atom is -0.484 e. The molecule has 0 unspecified atom stereocenters. The highest BCUT2D eigenvalue weighted by molar-refractivity contribution is 6.01. The third kappa shape index (κ3) is 5.31. The first-order chi connectivity index (χ1) is 16.4. The molecule has 4 rings (SSSR count). The molecule has 0 aliphatic carbocycles. The highest BCUT2D eigenvalue weighted by atomic mass is 16.5. The molecule has 0 saturated carbocycles. The van der Waals surface area contributed by atoms with Crippen molar-refractivity contribution < 1.29 is 19.4 Å². The maximum absolute atomic E-state index is 12.3. The van der Waals surface area contributed by atoms with Crippen LogP contribution in [-0.2, 0) is 4.79 Å². The van der Waals surface area contributed by atoms with Crippen LogP contribution in [0.1, 0.15) is 21.5 Å². The molecule has 0 spiro atoms. The Morgan fingerprint density at radius 1 is 0.912 bits per heavy atom. The van der Waals surface area contributed by atoms with Crippen LogP contribution in [0.3, 0.4) is 0 Å². The van der Waals surface area contributed by atoms with E-state index in [2.05, 4.69) is 47.2 Å². The fraction of sp³-hybridized carbons (Fsp3) is 0.259. The molecule has 3 aromatic rings. The van der Waals surface area contributed by atoms with Crippen LogP contribution in [0.4, 0.5) is 17.1 Å². The van der Waals surface area contributed by atoms with E-state index >= 15 is 0 Å². The lowest BCUT2D eigenvalue weighted by Crippen LogP contribution is -2.46. The molecule has 1 aliphatic rings. The zero-order valence-corrected chi connectivity index (χ0v) is 19.5. The summed E-state index contributed by atoms with van der Waals surface area (Å²) < 4.78 is 5.45. The summed E-state index contributed by atoms with van der Waals surface area (Å²) in [4.78, 5) is 28.8. The van der Waals surface area contributed by atoms with Crippen molar-refractivity contribution in [2.24, 2.45) is 0 Å². The van der Waals surface area contributed by atoms with Crippen LogP contribution in [0, 0.1) is 13.8 Å². The molecule has 34 heavy (non-hydrogen) atoms. The number of ether oxygens (including phenoxy) is 1. The number of nitrogens with zero attached hydrogens (tertiary/aromatic N) is 2. The highest BCUT2D eigenvalue weighted by Crippen LogP contribution is 2.28. The minimum atomic E-state index is -1.09. The van der Waals surface area contributed by atoms with Crippen LogP contribution >= 0.6 is 0 Å². The molecule has 1 fully saturated rings. The molecule has 2 N–H and O–H groups in total. The first-order valence-electron chi connectivity index (χ1n) is 11.3. The van der Waals surface area contributed by atoms with Crippen molar-refractivity contribution in [3.8, 4) is 5.75 Å². The fourth-order valence-electron chi connectivity index (χ4n) is 4.15. The van der Waals surface area contributed by atoms with Gasteiger partial charge in [-0.15, -0.1) is 0 Å². The average Bonchev–Trinajstić information content (AvgIpc) is 2.85. The summed E-state index contributed by atoms with van der Waals surface area (Å²) in [6, 6.07) is 20.5. The number of piperazine rings is 1. The molecular formula is C27H29N3O4. The number of aryl methyl sites for hydroxylation is 1. The smallest absolute Gasteiger partial charge is 0.337 e. The minimum absolute atomic E-state index is 0.0579. The number of hydrogen-bond donors (Lipinski definition) is 2. The van der Waals surface area contributed by atoms with Gasteiger partial charge in [-0.3, -0.25) is 4.79 Å². The van der Waals surface area contributed by atoms with Gasteiger partial charge in [0.25, 0.3) is 5.91 Å². The van der Waals surface area contributed by atoms with Crippen LogP contribution < -0.4 is 19.9 Å². The number of carboxylic acids is 1. The summed E-state index contributed by atoms with van der Waals surface area (Å²) in [6.07, 6.45) is 0. The van der Waals surface area contributed by atoms with E-state index in [1.807, 2.05) is 24.3 Å². The van der Waals surface area contributed by atoms with Crippen LogP contribution in [0.5, 0.6) is 5.75 Å². The van der Waals surface area contributed by atoms with E-state index in [0.29, 0.717) is 5.75 Å². The van der Waals surface area contributed by atoms with E-state index < -0.39 is 11.9 Å². The average molecular weight is 460 g/mol. The maximum Gasteiger partial charge on any atom is 0.337 e. The molecule has 0 aromatic heterocycles. The number of anilines is 3. The predicted molar refractivity (Wildman–Crippen MR) is 134 cm³/mol. The zero-order chi connectivity index (χ0) is 24.1. The largest absolute Gasteiger partial charge is 0.484 e. The molecule has 1 heterocycles. The van der Waals surface area contributed by atoms with E-state index in [4.69, 9.17) is 4.74 Å². The van der Waals surface area contributed by atoms with Gasteiger partial charge in [-0.25, -0.2) is 4.79 Å². The lowest BCUT2D eigenvalue weighted by atomic mass is 10.1. The second-order valence-electron chi connectivity index (χ2n) is 8.38. The van der Waals surface area contributed by atoms with Crippen LogP contribution in [0.2, 0.25) is 0 Å². The van der Waals surface area contributed by atoms with Gasteiger partial charge in [0.2, 0.25) is 0 Å². The molecule has 7 nitrogen and oxygen atoms in total. The third-order valence-corrected chi connectivity index (χ3v) is 6.18. The van der Waals surface area contributed by atoms with Crippen LogP contribution in [-0.4, -0.2) is 49.8 Å². The van der Waals surface area contributed by atoms with E-state index in [0.717, 1.165) is 31.9 Å². The SMILES string of the molecule is Cc1cccc(N2CCN(c3ccc(NC(=O)COc4ccccc4)c(C(=O)O)c3)CC2)c1C. The van der Waals surface area contributed by atoms with Crippen molar-refractivity contribution in [1.82, 2.24) is 0 Å². The van der Waals surface area contributed by atoms with Gasteiger partial charge in [0.15, 0.2) is 6.61 Å². The quantitative estimate of drug-likeness (QED) is 0.547. The van der Waals surface area contributed by atoms with Gasteiger partial charge in [0.1, 0.15) is 5.75 Å². The van der Waals surface area contributed by atoms with Crippen LogP contribution in [0.25, 0.3) is 0 Å². The zero-order valence-electron chi connectivity index (χ0n) is 19.5. The lowest BCUT2D eigenvalue weighted by molar-refractivity contribution is -0.118. The second-order valence-corrected chi connectivity index (χ2v) is 8.38. The first kappa shape index (κ1) is 23.2. The number of rotatable bonds is 7. The van der Waals surface area contributed by atoms with Crippen molar-refractivity contribution in [3.63, 3.8) is 0 Å². The summed E-state index contributed by atoms with van der Waals surface area (Å²) in [5, 5.41) is 12.4. The standard InChI is InChI=1S/C27H29N3O4/c1-19-7-6-10-25(20(19)2)30-15-13-29(14-16-30)21-11-12-24(23(17-21)27(32)33)28-26(31)18-34-22-8-4-3-5-9-22/h3-12,17H,13-16,18H2,1-2H3,(H,28,31)(H,32,33). The van der Waals surface area contributed by atoms with Gasteiger partial charge in [0.05, 0.1) is 11.3 Å². The lowest BCUT2D eigenvalue weighted by Gasteiger charge is -2.38.